The van der Waals surface area contributed by atoms with Gasteiger partial charge in [-0.05, 0) is 12.2 Å². The largest absolute Gasteiger partial charge is 0.376 e. The van der Waals surface area contributed by atoms with Crippen LogP contribution < -0.4 is 11.1 Å². The van der Waals surface area contributed by atoms with Crippen LogP contribution in [0.15, 0.2) is 6.07 Å². The Labute approximate surface area is 81.7 Å². The Morgan fingerprint density at radius 2 is 1.71 bits per heavy atom. The van der Waals surface area contributed by atoms with E-state index in [2.05, 4.69) is 12.2 Å². The molecule has 2 nitrogen and oxygen atoms in total. The Morgan fingerprint density at radius 3 is 2.21 bits per heavy atom. The maximum absolute atomic E-state index is 12.8. The minimum Gasteiger partial charge on any atom is -0.376 e. The molecule has 0 aliphatic heterocycles. The summed E-state index contributed by atoms with van der Waals surface area (Å²) in [5.74, 6) is -6.89. The van der Waals surface area contributed by atoms with Crippen molar-refractivity contribution in [2.45, 2.75) is 0 Å². The van der Waals surface area contributed by atoms with Gasteiger partial charge in [0.15, 0.2) is 28.4 Å². The Bertz CT molecular complexity index is 394. The molecule has 1 aromatic rings. The minimum atomic E-state index is -1.91. The molecule has 0 spiro atoms. The zero-order valence-corrected chi connectivity index (χ0v) is 7.39. The molecule has 0 aliphatic carbocycles. The van der Waals surface area contributed by atoms with Gasteiger partial charge in [0.1, 0.15) is 0 Å². The van der Waals surface area contributed by atoms with Gasteiger partial charge in [0.25, 0.3) is 0 Å². The van der Waals surface area contributed by atoms with E-state index in [-0.39, 0.29) is 5.11 Å². The molecule has 0 heterocycles. The van der Waals surface area contributed by atoms with Gasteiger partial charge >= 0.3 is 0 Å². The van der Waals surface area contributed by atoms with Crippen molar-refractivity contribution in [1.82, 2.24) is 0 Å². The third-order valence-corrected chi connectivity index (χ3v) is 1.46. The third-order valence-electron chi connectivity index (χ3n) is 1.36. The molecular formula is C7H4F4N2S. The summed E-state index contributed by atoms with van der Waals surface area (Å²) in [4.78, 5) is 0. The van der Waals surface area contributed by atoms with E-state index in [0.717, 1.165) is 0 Å². The van der Waals surface area contributed by atoms with E-state index < -0.39 is 29.0 Å². The summed E-state index contributed by atoms with van der Waals surface area (Å²) >= 11 is 4.32. The maximum atomic E-state index is 12.8. The average molecular weight is 224 g/mol. The first-order valence-corrected chi connectivity index (χ1v) is 3.73. The van der Waals surface area contributed by atoms with Crippen molar-refractivity contribution in [3.63, 3.8) is 0 Å². The average Bonchev–Trinajstić information content (AvgIpc) is 2.10. The molecule has 3 N–H and O–H groups in total. The lowest BCUT2D eigenvalue weighted by molar-refractivity contribution is 0.411. The van der Waals surface area contributed by atoms with Crippen LogP contribution in [-0.2, 0) is 0 Å². The van der Waals surface area contributed by atoms with Gasteiger partial charge in [0, 0.05) is 6.07 Å². The van der Waals surface area contributed by atoms with Crippen molar-refractivity contribution in [2.75, 3.05) is 5.32 Å². The van der Waals surface area contributed by atoms with Gasteiger partial charge in [0.05, 0.1) is 5.69 Å². The number of nitrogens with two attached hydrogens (primary N) is 1. The summed E-state index contributed by atoms with van der Waals surface area (Å²) in [6, 6.07) is 0.424. The molecule has 0 fully saturated rings. The predicted molar refractivity (Wildman–Crippen MR) is 46.7 cm³/mol. The van der Waals surface area contributed by atoms with E-state index in [1.807, 2.05) is 5.32 Å². The number of hydrogen-bond acceptors (Lipinski definition) is 1. The van der Waals surface area contributed by atoms with E-state index >= 15 is 0 Å². The standard InChI is InChI=1S/C7H4F4N2S/c8-2-1-3(13-7(12)14)5(10)6(11)4(2)9/h1H,(H3,12,13,14). The van der Waals surface area contributed by atoms with E-state index in [4.69, 9.17) is 5.73 Å². The SMILES string of the molecule is NC(=S)Nc1cc(F)c(F)c(F)c1F. The fraction of sp³-hybridized carbons (Fsp3) is 0. The molecular weight excluding hydrogens is 220 g/mol. The molecule has 7 heteroatoms. The lowest BCUT2D eigenvalue weighted by atomic mass is 10.2. The van der Waals surface area contributed by atoms with Crippen molar-refractivity contribution in [3.05, 3.63) is 29.3 Å². The highest BCUT2D eigenvalue weighted by Crippen LogP contribution is 2.22. The number of thiocarbonyl (C=S) groups is 1. The monoisotopic (exact) mass is 224 g/mol. The maximum Gasteiger partial charge on any atom is 0.199 e. The van der Waals surface area contributed by atoms with Crippen LogP contribution in [0.4, 0.5) is 23.2 Å². The topological polar surface area (TPSA) is 38.0 Å². The van der Waals surface area contributed by atoms with Gasteiger partial charge in [0.2, 0.25) is 0 Å². The molecule has 0 atom stereocenters. The van der Waals surface area contributed by atoms with Gasteiger partial charge in [-0.15, -0.1) is 0 Å². The molecule has 1 aromatic carbocycles. The quantitative estimate of drug-likeness (QED) is 0.331. The zero-order valence-electron chi connectivity index (χ0n) is 6.57. The molecule has 76 valence electrons. The lowest BCUT2D eigenvalue weighted by Gasteiger charge is -2.06. The van der Waals surface area contributed by atoms with Crippen molar-refractivity contribution < 1.29 is 17.6 Å². The second kappa shape index (κ2) is 3.79. The van der Waals surface area contributed by atoms with Gasteiger partial charge in [-0.2, -0.15) is 0 Å². The first-order chi connectivity index (χ1) is 6.43. The fourth-order valence-electron chi connectivity index (χ4n) is 0.797. The Morgan fingerprint density at radius 1 is 1.14 bits per heavy atom. The van der Waals surface area contributed by atoms with Crippen LogP contribution in [0.2, 0.25) is 0 Å². The van der Waals surface area contributed by atoms with Crippen LogP contribution in [0.1, 0.15) is 0 Å². The molecule has 0 amide bonds. The molecule has 0 aliphatic rings. The van der Waals surface area contributed by atoms with Crippen molar-refractivity contribution in [2.24, 2.45) is 5.73 Å². The lowest BCUT2D eigenvalue weighted by Crippen LogP contribution is -2.20. The van der Waals surface area contributed by atoms with Gasteiger partial charge < -0.3 is 11.1 Å². The Balaban J connectivity index is 3.25. The molecule has 14 heavy (non-hydrogen) atoms. The molecule has 0 saturated carbocycles. The second-order valence-electron chi connectivity index (χ2n) is 2.34. The van der Waals surface area contributed by atoms with Crippen LogP contribution in [0.5, 0.6) is 0 Å². The first-order valence-electron chi connectivity index (χ1n) is 3.33. The summed E-state index contributed by atoms with van der Waals surface area (Å²) in [6.45, 7) is 0. The predicted octanol–water partition coefficient (Wildman–Crippen LogP) is 1.90. The molecule has 0 bridgehead atoms. The van der Waals surface area contributed by atoms with Crippen molar-refractivity contribution >= 4 is 23.0 Å². The summed E-state index contributed by atoms with van der Waals surface area (Å²) < 4.78 is 50.4. The smallest absolute Gasteiger partial charge is 0.199 e. The normalized spacial score (nSPS) is 10.0. The summed E-state index contributed by atoms with van der Waals surface area (Å²) in [7, 11) is 0. The number of nitrogens with one attached hydrogen (secondary N) is 1. The molecule has 0 aromatic heterocycles. The van der Waals surface area contributed by atoms with Gasteiger partial charge in [-0.1, -0.05) is 0 Å². The van der Waals surface area contributed by atoms with Crippen LogP contribution in [-0.4, -0.2) is 5.11 Å². The van der Waals surface area contributed by atoms with Crippen LogP contribution >= 0.6 is 12.2 Å². The van der Waals surface area contributed by atoms with E-state index in [1.165, 1.54) is 0 Å². The van der Waals surface area contributed by atoms with Gasteiger partial charge in [-0.3, -0.25) is 0 Å². The van der Waals surface area contributed by atoms with E-state index in [0.29, 0.717) is 6.07 Å². The number of rotatable bonds is 1. The molecule has 0 unspecified atom stereocenters. The molecule has 0 saturated heterocycles. The minimum absolute atomic E-state index is 0.380. The van der Waals surface area contributed by atoms with Crippen molar-refractivity contribution in [1.29, 1.82) is 0 Å². The van der Waals surface area contributed by atoms with Crippen LogP contribution in [0.3, 0.4) is 0 Å². The summed E-state index contributed by atoms with van der Waals surface area (Å²) in [5.41, 5.74) is 4.30. The highest BCUT2D eigenvalue weighted by molar-refractivity contribution is 7.80. The Hall–Kier alpha value is -1.37. The first kappa shape index (κ1) is 10.7. The fourth-order valence-corrected chi connectivity index (χ4v) is 0.907. The number of benzene rings is 1. The number of halogens is 4. The van der Waals surface area contributed by atoms with Crippen molar-refractivity contribution in [3.8, 4) is 0 Å². The highest BCUT2D eigenvalue weighted by atomic mass is 32.1. The summed E-state index contributed by atoms with van der Waals surface area (Å²) in [6.07, 6.45) is 0. The van der Waals surface area contributed by atoms with E-state index in [9.17, 15) is 17.6 Å². The van der Waals surface area contributed by atoms with Crippen LogP contribution in [0, 0.1) is 23.3 Å². The van der Waals surface area contributed by atoms with Crippen LogP contribution in [0.25, 0.3) is 0 Å². The van der Waals surface area contributed by atoms with E-state index in [1.54, 1.807) is 0 Å². The third kappa shape index (κ3) is 1.92. The molecule has 0 radical (unpaired) electrons. The van der Waals surface area contributed by atoms with Gasteiger partial charge in [-0.25, -0.2) is 17.6 Å². The molecule has 1 rings (SSSR count). The Kier molecular flexibility index (Phi) is 2.90. The number of anilines is 1. The zero-order chi connectivity index (χ0) is 10.9. The second-order valence-corrected chi connectivity index (χ2v) is 2.78. The number of hydrogen-bond donors (Lipinski definition) is 2. The highest BCUT2D eigenvalue weighted by Gasteiger charge is 2.18. The summed E-state index contributed by atoms with van der Waals surface area (Å²) in [5, 5.41) is 1.59.